The van der Waals surface area contributed by atoms with E-state index in [2.05, 4.69) is 4.74 Å². The third-order valence-electron chi connectivity index (χ3n) is 2.19. The average molecular weight is 263 g/mol. The van der Waals surface area contributed by atoms with Gasteiger partial charge in [0.25, 0.3) is 0 Å². The first-order valence-electron chi connectivity index (χ1n) is 4.83. The summed E-state index contributed by atoms with van der Waals surface area (Å²) >= 11 is 5.61. The first-order chi connectivity index (χ1) is 7.93. The fraction of sp³-hybridized carbons (Fsp3) is 0.364. The SMILES string of the molecule is COC(=O)CC(O)C(O)c1cc(F)cc(Cl)c1. The van der Waals surface area contributed by atoms with E-state index in [1.165, 1.54) is 13.2 Å². The van der Waals surface area contributed by atoms with Gasteiger partial charge in [-0.2, -0.15) is 0 Å². The first-order valence-corrected chi connectivity index (χ1v) is 5.20. The molecule has 0 heterocycles. The van der Waals surface area contributed by atoms with Crippen LogP contribution in [0.3, 0.4) is 0 Å². The monoisotopic (exact) mass is 262 g/mol. The predicted octanol–water partition coefficient (Wildman–Crippen LogP) is 1.44. The lowest BCUT2D eigenvalue weighted by Crippen LogP contribution is -2.22. The molecule has 0 aliphatic carbocycles. The van der Waals surface area contributed by atoms with Gasteiger partial charge in [-0.1, -0.05) is 11.6 Å². The van der Waals surface area contributed by atoms with Gasteiger partial charge in [-0.25, -0.2) is 4.39 Å². The normalized spacial score (nSPS) is 14.2. The molecule has 0 aliphatic heterocycles. The van der Waals surface area contributed by atoms with Crippen molar-refractivity contribution in [3.63, 3.8) is 0 Å². The number of rotatable bonds is 4. The van der Waals surface area contributed by atoms with Gasteiger partial charge in [0, 0.05) is 5.02 Å². The largest absolute Gasteiger partial charge is 0.469 e. The van der Waals surface area contributed by atoms with Crippen LogP contribution in [0.5, 0.6) is 0 Å². The summed E-state index contributed by atoms with van der Waals surface area (Å²) in [5, 5.41) is 19.3. The highest BCUT2D eigenvalue weighted by Gasteiger charge is 2.22. The number of esters is 1. The molecule has 1 aromatic rings. The number of aliphatic hydroxyl groups excluding tert-OH is 2. The van der Waals surface area contributed by atoms with E-state index in [1.807, 2.05) is 0 Å². The predicted molar refractivity (Wildman–Crippen MR) is 59.0 cm³/mol. The fourth-order valence-corrected chi connectivity index (χ4v) is 1.56. The zero-order valence-corrected chi connectivity index (χ0v) is 9.82. The maximum Gasteiger partial charge on any atom is 0.308 e. The van der Waals surface area contributed by atoms with E-state index in [-0.39, 0.29) is 17.0 Å². The van der Waals surface area contributed by atoms with Crippen LogP contribution >= 0.6 is 11.6 Å². The number of benzene rings is 1. The van der Waals surface area contributed by atoms with Gasteiger partial charge in [0.2, 0.25) is 0 Å². The Hall–Kier alpha value is -1.17. The lowest BCUT2D eigenvalue weighted by Gasteiger charge is -2.17. The maximum atomic E-state index is 13.0. The van der Waals surface area contributed by atoms with Crippen LogP contribution in [0.2, 0.25) is 5.02 Å². The highest BCUT2D eigenvalue weighted by atomic mass is 35.5. The minimum Gasteiger partial charge on any atom is -0.469 e. The molecule has 2 N–H and O–H groups in total. The van der Waals surface area contributed by atoms with Gasteiger partial charge in [-0.05, 0) is 23.8 Å². The second-order valence-electron chi connectivity index (χ2n) is 3.50. The molecule has 0 bridgehead atoms. The van der Waals surface area contributed by atoms with Crippen LogP contribution < -0.4 is 0 Å². The number of hydrogen-bond acceptors (Lipinski definition) is 4. The fourth-order valence-electron chi connectivity index (χ4n) is 1.33. The second kappa shape index (κ2) is 5.95. The van der Waals surface area contributed by atoms with Gasteiger partial charge < -0.3 is 14.9 Å². The van der Waals surface area contributed by atoms with Crippen LogP contribution in [-0.2, 0) is 9.53 Å². The molecule has 94 valence electrons. The Morgan fingerprint density at radius 3 is 2.65 bits per heavy atom. The van der Waals surface area contributed by atoms with Crippen molar-refractivity contribution in [2.75, 3.05) is 7.11 Å². The molecule has 4 nitrogen and oxygen atoms in total. The third-order valence-corrected chi connectivity index (χ3v) is 2.41. The van der Waals surface area contributed by atoms with Crippen molar-refractivity contribution < 1.29 is 24.1 Å². The van der Waals surface area contributed by atoms with E-state index in [9.17, 15) is 19.4 Å². The van der Waals surface area contributed by atoms with Gasteiger partial charge in [-0.15, -0.1) is 0 Å². The van der Waals surface area contributed by atoms with E-state index in [0.29, 0.717) is 0 Å². The third kappa shape index (κ3) is 3.96. The number of aliphatic hydroxyl groups is 2. The Labute approximate surface area is 103 Å². The molecule has 0 radical (unpaired) electrons. The smallest absolute Gasteiger partial charge is 0.308 e. The molecule has 2 atom stereocenters. The maximum absolute atomic E-state index is 13.0. The molecular formula is C11H12ClFO4. The summed E-state index contributed by atoms with van der Waals surface area (Å²) in [5.74, 6) is -1.30. The number of carbonyl (C=O) groups excluding carboxylic acids is 1. The lowest BCUT2D eigenvalue weighted by atomic mass is 10.0. The summed E-state index contributed by atoms with van der Waals surface area (Å²) in [5.41, 5.74) is 0.103. The second-order valence-corrected chi connectivity index (χ2v) is 3.93. The van der Waals surface area contributed by atoms with Crippen LogP contribution in [-0.4, -0.2) is 29.4 Å². The van der Waals surface area contributed by atoms with Crippen LogP contribution in [0.4, 0.5) is 4.39 Å². The summed E-state index contributed by atoms with van der Waals surface area (Å²) in [6.07, 6.45) is -3.16. The molecule has 0 aromatic heterocycles. The molecule has 0 amide bonds. The van der Waals surface area contributed by atoms with Gasteiger partial charge in [0.1, 0.15) is 11.9 Å². The Morgan fingerprint density at radius 2 is 2.12 bits per heavy atom. The van der Waals surface area contributed by atoms with Gasteiger partial charge in [0.15, 0.2) is 0 Å². The molecule has 2 unspecified atom stereocenters. The van der Waals surface area contributed by atoms with E-state index in [1.54, 1.807) is 0 Å². The molecular weight excluding hydrogens is 251 g/mol. The summed E-state index contributed by atoms with van der Waals surface area (Å²) in [7, 11) is 1.17. The van der Waals surface area contributed by atoms with Gasteiger partial charge in [0.05, 0.1) is 19.6 Å². The van der Waals surface area contributed by atoms with Crippen molar-refractivity contribution in [1.82, 2.24) is 0 Å². The molecule has 6 heteroatoms. The molecule has 0 aliphatic rings. The number of methoxy groups -OCH3 is 1. The number of ether oxygens (including phenoxy) is 1. The van der Waals surface area contributed by atoms with Crippen molar-refractivity contribution in [2.45, 2.75) is 18.6 Å². The van der Waals surface area contributed by atoms with E-state index in [0.717, 1.165) is 12.1 Å². The number of hydrogen-bond donors (Lipinski definition) is 2. The topological polar surface area (TPSA) is 66.8 Å². The van der Waals surface area contributed by atoms with E-state index < -0.39 is 24.0 Å². The molecule has 0 spiro atoms. The minimum atomic E-state index is -1.40. The lowest BCUT2D eigenvalue weighted by molar-refractivity contribution is -0.144. The molecule has 1 aromatic carbocycles. The van der Waals surface area contributed by atoms with E-state index >= 15 is 0 Å². The quantitative estimate of drug-likeness (QED) is 0.806. The van der Waals surface area contributed by atoms with Crippen molar-refractivity contribution in [3.05, 3.63) is 34.6 Å². The first kappa shape index (κ1) is 13.9. The number of carbonyl (C=O) groups is 1. The summed E-state index contributed by atoms with van der Waals surface area (Å²) in [6, 6.07) is 3.43. The Morgan fingerprint density at radius 1 is 1.47 bits per heavy atom. The van der Waals surface area contributed by atoms with Crippen LogP contribution in [0.15, 0.2) is 18.2 Å². The standard InChI is InChI=1S/C11H12ClFO4/c1-17-10(15)5-9(14)11(16)6-2-7(12)4-8(13)3-6/h2-4,9,11,14,16H,5H2,1H3. The van der Waals surface area contributed by atoms with Crippen LogP contribution in [0.25, 0.3) is 0 Å². The average Bonchev–Trinajstić information content (AvgIpc) is 2.26. The molecule has 0 saturated heterocycles. The highest BCUT2D eigenvalue weighted by molar-refractivity contribution is 6.30. The zero-order valence-electron chi connectivity index (χ0n) is 9.06. The summed E-state index contributed by atoms with van der Waals surface area (Å²) in [6.45, 7) is 0. The zero-order chi connectivity index (χ0) is 13.0. The molecule has 17 heavy (non-hydrogen) atoms. The molecule has 0 fully saturated rings. The van der Waals surface area contributed by atoms with Crippen molar-refractivity contribution in [2.24, 2.45) is 0 Å². The minimum absolute atomic E-state index is 0.101. The Kier molecular flexibility index (Phi) is 4.86. The van der Waals surface area contributed by atoms with Crippen LogP contribution in [0.1, 0.15) is 18.1 Å². The van der Waals surface area contributed by atoms with Crippen molar-refractivity contribution >= 4 is 17.6 Å². The van der Waals surface area contributed by atoms with Crippen LogP contribution in [0, 0.1) is 5.82 Å². The van der Waals surface area contributed by atoms with Gasteiger partial charge in [-0.3, -0.25) is 4.79 Å². The Balaban J connectivity index is 2.80. The molecule has 1 rings (SSSR count). The van der Waals surface area contributed by atoms with E-state index in [4.69, 9.17) is 11.6 Å². The van der Waals surface area contributed by atoms with Gasteiger partial charge >= 0.3 is 5.97 Å². The van der Waals surface area contributed by atoms with Crippen molar-refractivity contribution in [1.29, 1.82) is 0 Å². The van der Waals surface area contributed by atoms with Crippen molar-refractivity contribution in [3.8, 4) is 0 Å². The molecule has 0 saturated carbocycles. The summed E-state index contributed by atoms with van der Waals surface area (Å²) in [4.78, 5) is 10.9. The highest BCUT2D eigenvalue weighted by Crippen LogP contribution is 2.23. The number of halogens is 2. The Bertz CT molecular complexity index is 390. The summed E-state index contributed by atoms with van der Waals surface area (Å²) < 4.78 is 17.4.